The molecule has 5 nitrogen and oxygen atoms in total. The molecule has 1 amide bonds. The van der Waals surface area contributed by atoms with Crippen molar-refractivity contribution in [3.63, 3.8) is 0 Å². The van der Waals surface area contributed by atoms with Crippen LogP contribution in [-0.2, 0) is 11.2 Å². The van der Waals surface area contributed by atoms with Gasteiger partial charge in [-0.3, -0.25) is 4.79 Å². The molecule has 0 bridgehead atoms. The molecule has 2 aromatic rings. The van der Waals surface area contributed by atoms with Crippen LogP contribution in [0.3, 0.4) is 0 Å². The van der Waals surface area contributed by atoms with Gasteiger partial charge in [0.2, 0.25) is 5.91 Å². The number of hydrogen-bond acceptors (Lipinski definition) is 5. The summed E-state index contributed by atoms with van der Waals surface area (Å²) in [5, 5.41) is 12.0. The molecule has 2 aliphatic carbocycles. The quantitative estimate of drug-likeness (QED) is 0.655. The number of fused-ring (bicyclic) bond motifs is 1. The molecule has 0 N–H and O–H groups in total. The van der Waals surface area contributed by atoms with Gasteiger partial charge in [-0.05, 0) is 49.0 Å². The van der Waals surface area contributed by atoms with Crippen molar-refractivity contribution >= 4 is 29.0 Å². The fourth-order valence-corrected chi connectivity index (χ4v) is 6.47. The van der Waals surface area contributed by atoms with Gasteiger partial charge in [-0.15, -0.1) is 21.5 Å². The van der Waals surface area contributed by atoms with Gasteiger partial charge in [0.15, 0.2) is 5.16 Å². The van der Waals surface area contributed by atoms with E-state index < -0.39 is 0 Å². The van der Waals surface area contributed by atoms with Crippen molar-refractivity contribution in [2.75, 3.05) is 18.8 Å². The van der Waals surface area contributed by atoms with E-state index in [9.17, 15) is 4.79 Å². The van der Waals surface area contributed by atoms with Crippen molar-refractivity contribution in [3.05, 3.63) is 28.2 Å². The Balaban J connectivity index is 1.22. The minimum atomic E-state index is 0.277. The number of aromatic nitrogens is 3. The van der Waals surface area contributed by atoms with E-state index in [2.05, 4.69) is 37.2 Å². The molecule has 0 spiro atoms. The molecule has 7 heteroatoms. The van der Waals surface area contributed by atoms with Gasteiger partial charge in [0.1, 0.15) is 5.82 Å². The third-order valence-electron chi connectivity index (χ3n) is 6.53. The summed E-state index contributed by atoms with van der Waals surface area (Å²) in [4.78, 5) is 16.3. The number of carbonyl (C=O) groups is 1. The predicted octanol–water partition coefficient (Wildman–Crippen LogP) is 4.40. The Morgan fingerprint density at radius 2 is 2.00 bits per heavy atom. The smallest absolute Gasteiger partial charge is 0.233 e. The zero-order valence-corrected chi connectivity index (χ0v) is 17.9. The van der Waals surface area contributed by atoms with Crippen LogP contribution in [-0.4, -0.2) is 44.4 Å². The van der Waals surface area contributed by atoms with E-state index in [0.717, 1.165) is 42.3 Å². The van der Waals surface area contributed by atoms with Gasteiger partial charge in [-0.25, -0.2) is 0 Å². The second-order valence-electron chi connectivity index (χ2n) is 8.48. The van der Waals surface area contributed by atoms with Crippen LogP contribution in [0.15, 0.2) is 22.7 Å². The molecular weight excluding hydrogens is 388 g/mol. The normalized spacial score (nSPS) is 24.9. The molecule has 0 aromatic carbocycles. The van der Waals surface area contributed by atoms with Gasteiger partial charge < -0.3 is 9.47 Å². The van der Waals surface area contributed by atoms with Crippen LogP contribution in [0, 0.1) is 11.8 Å². The van der Waals surface area contributed by atoms with E-state index >= 15 is 0 Å². The Morgan fingerprint density at radius 3 is 2.79 bits per heavy atom. The standard InChI is InChI=1S/C21H28N4OS2/c26-20(24-10-9-15-4-1-2-5-16(15)13-24)14-28-21-23-22-19(25(21)17-7-8-17)12-18-6-3-11-27-18/h3,6,11,15-17H,1-2,4-5,7-10,12-14H2/t15-,16+/m0/s1. The fraction of sp³-hybridized carbons (Fsp3) is 0.667. The predicted molar refractivity (Wildman–Crippen MR) is 113 cm³/mol. The third kappa shape index (κ3) is 4.01. The lowest BCUT2D eigenvalue weighted by Crippen LogP contribution is -2.45. The highest BCUT2D eigenvalue weighted by molar-refractivity contribution is 7.99. The minimum absolute atomic E-state index is 0.277. The van der Waals surface area contributed by atoms with E-state index in [4.69, 9.17) is 0 Å². The van der Waals surface area contributed by atoms with Crippen LogP contribution in [0.25, 0.3) is 0 Å². The second-order valence-corrected chi connectivity index (χ2v) is 10.5. The lowest BCUT2D eigenvalue weighted by Gasteiger charge is -2.41. The Kier molecular flexibility index (Phi) is 5.46. The van der Waals surface area contributed by atoms with Crippen molar-refractivity contribution < 1.29 is 4.79 Å². The van der Waals surface area contributed by atoms with Crippen LogP contribution in [0.5, 0.6) is 0 Å². The molecule has 2 atom stereocenters. The number of nitrogens with zero attached hydrogens (tertiary/aromatic N) is 4. The van der Waals surface area contributed by atoms with Gasteiger partial charge in [0, 0.05) is 30.4 Å². The Hall–Kier alpha value is -1.34. The largest absolute Gasteiger partial charge is 0.342 e. The number of rotatable bonds is 6. The number of amides is 1. The zero-order valence-electron chi connectivity index (χ0n) is 16.3. The average Bonchev–Trinajstić information content (AvgIpc) is 3.28. The first-order valence-corrected chi connectivity index (χ1v) is 12.5. The van der Waals surface area contributed by atoms with Gasteiger partial charge >= 0.3 is 0 Å². The van der Waals surface area contributed by atoms with E-state index in [1.807, 2.05) is 0 Å². The molecule has 0 radical (unpaired) electrons. The highest BCUT2D eigenvalue weighted by atomic mass is 32.2. The number of likely N-dealkylation sites (tertiary alicyclic amines) is 1. The number of carbonyl (C=O) groups excluding carboxylic acids is 1. The number of thiophene rings is 1. The van der Waals surface area contributed by atoms with Crippen molar-refractivity contribution in [2.24, 2.45) is 11.8 Å². The topological polar surface area (TPSA) is 51.0 Å². The van der Waals surface area contributed by atoms with E-state index in [1.54, 1.807) is 23.1 Å². The summed E-state index contributed by atoms with van der Waals surface area (Å²) in [5.74, 6) is 3.41. The average molecular weight is 417 g/mol. The first kappa shape index (κ1) is 18.7. The molecule has 28 heavy (non-hydrogen) atoms. The van der Waals surface area contributed by atoms with E-state index in [0.29, 0.717) is 11.8 Å². The van der Waals surface area contributed by atoms with Gasteiger partial charge in [-0.1, -0.05) is 37.1 Å². The Labute approximate surface area is 174 Å². The minimum Gasteiger partial charge on any atom is -0.342 e. The summed E-state index contributed by atoms with van der Waals surface area (Å²) >= 11 is 3.35. The molecule has 0 unspecified atom stereocenters. The first-order chi connectivity index (χ1) is 13.8. The van der Waals surface area contributed by atoms with Crippen LogP contribution in [0.1, 0.15) is 61.7 Å². The molecule has 5 rings (SSSR count). The van der Waals surface area contributed by atoms with Crippen molar-refractivity contribution in [2.45, 2.75) is 62.6 Å². The zero-order chi connectivity index (χ0) is 18.9. The van der Waals surface area contributed by atoms with Gasteiger partial charge in [0.25, 0.3) is 0 Å². The SMILES string of the molecule is O=C(CSc1nnc(Cc2cccs2)n1C1CC1)N1CC[C@@H]2CCCC[C@@H]2C1. The van der Waals surface area contributed by atoms with Crippen molar-refractivity contribution in [1.29, 1.82) is 0 Å². The highest BCUT2D eigenvalue weighted by Crippen LogP contribution is 2.40. The fourth-order valence-electron chi connectivity index (χ4n) is 4.84. The highest BCUT2D eigenvalue weighted by Gasteiger charge is 2.34. The van der Waals surface area contributed by atoms with Crippen molar-refractivity contribution in [1.82, 2.24) is 19.7 Å². The summed E-state index contributed by atoms with van der Waals surface area (Å²) in [6.45, 7) is 1.92. The Morgan fingerprint density at radius 1 is 1.14 bits per heavy atom. The number of piperidine rings is 1. The third-order valence-corrected chi connectivity index (χ3v) is 8.33. The molecule has 3 fully saturated rings. The second kappa shape index (κ2) is 8.19. The molecular formula is C21H28N4OS2. The summed E-state index contributed by atoms with van der Waals surface area (Å²) in [5.41, 5.74) is 0. The number of thioether (sulfide) groups is 1. The molecule has 1 saturated heterocycles. The molecule has 1 aliphatic heterocycles. The molecule has 3 aliphatic rings. The molecule has 150 valence electrons. The maximum atomic E-state index is 12.9. The summed E-state index contributed by atoms with van der Waals surface area (Å²) < 4.78 is 2.30. The summed E-state index contributed by atoms with van der Waals surface area (Å²) in [6, 6.07) is 4.77. The summed E-state index contributed by atoms with van der Waals surface area (Å²) in [7, 11) is 0. The maximum Gasteiger partial charge on any atom is 0.233 e. The van der Waals surface area contributed by atoms with Crippen LogP contribution < -0.4 is 0 Å². The lowest BCUT2D eigenvalue weighted by molar-refractivity contribution is -0.131. The summed E-state index contributed by atoms with van der Waals surface area (Å²) in [6.07, 6.45) is 9.85. The van der Waals surface area contributed by atoms with Crippen LogP contribution >= 0.6 is 23.1 Å². The lowest BCUT2D eigenvalue weighted by atomic mass is 9.75. The van der Waals surface area contributed by atoms with Crippen LogP contribution in [0.4, 0.5) is 0 Å². The van der Waals surface area contributed by atoms with Crippen molar-refractivity contribution in [3.8, 4) is 0 Å². The van der Waals surface area contributed by atoms with Gasteiger partial charge in [0.05, 0.1) is 5.75 Å². The van der Waals surface area contributed by atoms with Gasteiger partial charge in [-0.2, -0.15) is 0 Å². The van der Waals surface area contributed by atoms with E-state index in [-0.39, 0.29) is 5.91 Å². The van der Waals surface area contributed by atoms with Crippen LogP contribution in [0.2, 0.25) is 0 Å². The first-order valence-electron chi connectivity index (χ1n) is 10.6. The maximum absolute atomic E-state index is 12.9. The van der Waals surface area contributed by atoms with E-state index in [1.165, 1.54) is 49.8 Å². The molecule has 3 heterocycles. The number of hydrogen-bond donors (Lipinski definition) is 0. The Bertz CT molecular complexity index is 814. The molecule has 2 saturated carbocycles. The molecule has 2 aromatic heterocycles. The monoisotopic (exact) mass is 416 g/mol.